The summed E-state index contributed by atoms with van der Waals surface area (Å²) < 4.78 is 59.6. The number of aryl methyl sites for hydroxylation is 1. The molecule has 4 aromatic rings. The number of aliphatic carboxylic acids is 1. The number of anilines is 1. The van der Waals surface area contributed by atoms with Crippen LogP contribution in [0.15, 0.2) is 87.4 Å². The van der Waals surface area contributed by atoms with Gasteiger partial charge in [0, 0.05) is 43.4 Å². The molecule has 47 heavy (non-hydrogen) atoms. The zero-order valence-electron chi connectivity index (χ0n) is 24.6. The maximum Gasteiger partial charge on any atom is 0.335 e. The molecular weight excluding hydrogens is 640 g/mol. The number of aromatic nitrogens is 2. The Labute approximate surface area is 265 Å². The molecule has 3 aromatic carbocycles. The summed E-state index contributed by atoms with van der Waals surface area (Å²) >= 11 is 0. The summed E-state index contributed by atoms with van der Waals surface area (Å²) in [7, 11) is -2.97. The Bertz CT molecular complexity index is 2110. The third-order valence-corrected chi connectivity index (χ3v) is 8.66. The van der Waals surface area contributed by atoms with E-state index in [1.54, 1.807) is 0 Å². The van der Waals surface area contributed by atoms with Gasteiger partial charge in [0.15, 0.2) is 0 Å². The Kier molecular flexibility index (Phi) is 9.05. The lowest BCUT2D eigenvalue weighted by Gasteiger charge is -2.16. The van der Waals surface area contributed by atoms with Crippen molar-refractivity contribution in [2.75, 3.05) is 4.72 Å². The fourth-order valence-corrected chi connectivity index (χ4v) is 5.60. The lowest BCUT2D eigenvalue weighted by molar-refractivity contribution is -0.139. The van der Waals surface area contributed by atoms with Crippen LogP contribution >= 0.6 is 0 Å². The summed E-state index contributed by atoms with van der Waals surface area (Å²) in [4.78, 5) is 61.1. The molecule has 0 spiro atoms. The molecule has 1 atom stereocenters. The third kappa shape index (κ3) is 7.44. The number of hydrogen-bond acceptors (Lipinski definition) is 7. The fraction of sp³-hybridized carbons (Fsp3) is 0.194. The van der Waals surface area contributed by atoms with Gasteiger partial charge < -0.3 is 20.3 Å². The highest BCUT2D eigenvalue weighted by atomic mass is 32.2. The predicted molar refractivity (Wildman–Crippen MR) is 164 cm³/mol. The standard InChI is InChI=1S/C31H27F2N5O8S/c1-37-13-12-27(39)38(31(37)44)20-8-2-17(3-9-20)14-26(30(42)43)35-29(41)22-15-24(33)25(16-23(22)32)36-47(45,46)21-10-4-18(5-11-21)28(40)34-19-6-7-19/h2-5,8-13,15-16,19,26,36H,6-7,14H2,1H3,(H,34,40)(H,35,41)(H,42,43)/t26-/m0/s1. The quantitative estimate of drug-likeness (QED) is 0.187. The van der Waals surface area contributed by atoms with E-state index in [1.807, 2.05) is 4.72 Å². The van der Waals surface area contributed by atoms with Gasteiger partial charge in [-0.2, -0.15) is 0 Å². The van der Waals surface area contributed by atoms with Gasteiger partial charge in [0.25, 0.3) is 27.4 Å². The summed E-state index contributed by atoms with van der Waals surface area (Å²) in [5, 5.41) is 14.6. The highest BCUT2D eigenvalue weighted by molar-refractivity contribution is 7.92. The summed E-state index contributed by atoms with van der Waals surface area (Å²) in [6.45, 7) is 0. The minimum absolute atomic E-state index is 0.0938. The lowest BCUT2D eigenvalue weighted by Crippen LogP contribution is -2.42. The molecule has 1 fully saturated rings. The smallest absolute Gasteiger partial charge is 0.335 e. The number of nitrogens with zero attached hydrogens (tertiary/aromatic N) is 2. The van der Waals surface area contributed by atoms with E-state index < -0.39 is 62.1 Å². The highest BCUT2D eigenvalue weighted by Crippen LogP contribution is 2.24. The van der Waals surface area contributed by atoms with Crippen LogP contribution in [0.1, 0.15) is 39.1 Å². The molecule has 0 bridgehead atoms. The topological polar surface area (TPSA) is 186 Å². The van der Waals surface area contributed by atoms with E-state index >= 15 is 0 Å². The maximum absolute atomic E-state index is 15.0. The van der Waals surface area contributed by atoms with E-state index in [2.05, 4.69) is 10.6 Å². The number of sulfonamides is 1. The molecule has 1 aliphatic rings. The van der Waals surface area contributed by atoms with Gasteiger partial charge in [0.2, 0.25) is 0 Å². The summed E-state index contributed by atoms with van der Waals surface area (Å²) in [6.07, 6.45) is 2.75. The van der Waals surface area contributed by atoms with Crippen LogP contribution in [0.5, 0.6) is 0 Å². The zero-order valence-corrected chi connectivity index (χ0v) is 25.4. The van der Waals surface area contributed by atoms with Crippen LogP contribution < -0.4 is 26.6 Å². The highest BCUT2D eigenvalue weighted by Gasteiger charge is 2.26. The molecule has 0 aliphatic heterocycles. The molecule has 1 saturated carbocycles. The second kappa shape index (κ2) is 13.0. The second-order valence-corrected chi connectivity index (χ2v) is 12.5. The molecule has 0 saturated heterocycles. The van der Waals surface area contributed by atoms with Crippen molar-refractivity contribution in [2.45, 2.75) is 36.2 Å². The first-order valence-electron chi connectivity index (χ1n) is 14.1. The average Bonchev–Trinajstić information content (AvgIpc) is 3.85. The Morgan fingerprint density at radius 1 is 0.936 bits per heavy atom. The number of carboxylic acids is 1. The van der Waals surface area contributed by atoms with Crippen LogP contribution in [0.25, 0.3) is 5.69 Å². The second-order valence-electron chi connectivity index (χ2n) is 10.8. The number of carbonyl (C=O) groups is 3. The number of hydrogen-bond donors (Lipinski definition) is 4. The molecule has 1 heterocycles. The van der Waals surface area contributed by atoms with Crippen molar-refractivity contribution < 1.29 is 36.7 Å². The van der Waals surface area contributed by atoms with Crippen molar-refractivity contribution >= 4 is 33.5 Å². The number of carbonyl (C=O) groups excluding carboxylic acids is 2. The van der Waals surface area contributed by atoms with E-state index in [4.69, 9.17) is 0 Å². The van der Waals surface area contributed by atoms with Crippen molar-refractivity contribution in [1.29, 1.82) is 0 Å². The lowest BCUT2D eigenvalue weighted by atomic mass is 10.0. The SMILES string of the molecule is Cn1ccc(=O)n(-c2ccc(C[C@H](NC(=O)c3cc(F)c(NS(=O)(=O)c4ccc(C(=O)NC5CC5)cc4)cc3F)C(=O)O)cc2)c1=O. The predicted octanol–water partition coefficient (Wildman–Crippen LogP) is 1.93. The van der Waals surface area contributed by atoms with Crippen molar-refractivity contribution in [2.24, 2.45) is 7.05 Å². The van der Waals surface area contributed by atoms with Gasteiger partial charge in [0.1, 0.15) is 17.7 Å². The molecule has 2 amide bonds. The van der Waals surface area contributed by atoms with Crippen molar-refractivity contribution in [3.8, 4) is 5.69 Å². The molecule has 244 valence electrons. The van der Waals surface area contributed by atoms with Gasteiger partial charge in [-0.3, -0.25) is 19.1 Å². The number of nitrogens with one attached hydrogen (secondary N) is 3. The van der Waals surface area contributed by atoms with E-state index in [0.29, 0.717) is 17.7 Å². The molecule has 0 unspecified atom stereocenters. The number of benzene rings is 3. The summed E-state index contributed by atoms with van der Waals surface area (Å²) in [5.41, 5.74) is -2.05. The van der Waals surface area contributed by atoms with Gasteiger partial charge in [0.05, 0.1) is 21.8 Å². The first-order valence-corrected chi connectivity index (χ1v) is 15.6. The molecule has 16 heteroatoms. The molecule has 0 radical (unpaired) electrons. The van der Waals surface area contributed by atoms with Crippen LogP contribution in [0.3, 0.4) is 0 Å². The molecular formula is C31H27F2N5O8S. The minimum atomic E-state index is -4.44. The molecule has 1 aliphatic carbocycles. The minimum Gasteiger partial charge on any atom is -0.480 e. The van der Waals surface area contributed by atoms with Crippen LogP contribution in [-0.2, 0) is 28.3 Å². The fourth-order valence-electron chi connectivity index (χ4n) is 4.54. The largest absolute Gasteiger partial charge is 0.480 e. The molecule has 1 aromatic heterocycles. The van der Waals surface area contributed by atoms with Gasteiger partial charge in [-0.1, -0.05) is 12.1 Å². The third-order valence-electron chi connectivity index (χ3n) is 7.28. The van der Waals surface area contributed by atoms with Crippen LogP contribution in [0, 0.1) is 11.6 Å². The van der Waals surface area contributed by atoms with Gasteiger partial charge in [-0.15, -0.1) is 0 Å². The average molecular weight is 668 g/mol. The van der Waals surface area contributed by atoms with Gasteiger partial charge in [-0.05, 0) is 60.9 Å². The van der Waals surface area contributed by atoms with E-state index in [0.717, 1.165) is 29.5 Å². The molecule has 5 rings (SSSR count). The van der Waals surface area contributed by atoms with Crippen molar-refractivity contribution in [3.05, 3.63) is 122 Å². The first-order chi connectivity index (χ1) is 22.2. The van der Waals surface area contributed by atoms with Crippen LogP contribution in [0.2, 0.25) is 0 Å². The Morgan fingerprint density at radius 3 is 2.21 bits per heavy atom. The first kappa shape index (κ1) is 32.7. The summed E-state index contributed by atoms with van der Waals surface area (Å²) in [5.74, 6) is -5.79. The number of amides is 2. The van der Waals surface area contributed by atoms with Crippen LogP contribution in [0.4, 0.5) is 14.5 Å². The van der Waals surface area contributed by atoms with Crippen molar-refractivity contribution in [1.82, 2.24) is 19.8 Å². The Hall–Kier alpha value is -5.64. The zero-order chi connectivity index (χ0) is 34.0. The Morgan fingerprint density at radius 2 is 1.60 bits per heavy atom. The van der Waals surface area contributed by atoms with Crippen molar-refractivity contribution in [3.63, 3.8) is 0 Å². The maximum atomic E-state index is 15.0. The number of carboxylic acid groups (broad SMARTS) is 1. The van der Waals surface area contributed by atoms with Gasteiger partial charge in [-0.25, -0.2) is 31.4 Å². The molecule has 4 N–H and O–H groups in total. The number of rotatable bonds is 11. The number of halogens is 2. The van der Waals surface area contributed by atoms with E-state index in [-0.39, 0.29) is 34.5 Å². The van der Waals surface area contributed by atoms with Crippen LogP contribution in [-0.4, -0.2) is 52.5 Å². The molecule has 13 nitrogen and oxygen atoms in total. The normalized spacial score (nSPS) is 13.4. The Balaban J connectivity index is 1.27. The van der Waals surface area contributed by atoms with E-state index in [1.165, 1.54) is 60.3 Å². The van der Waals surface area contributed by atoms with E-state index in [9.17, 15) is 46.3 Å². The monoisotopic (exact) mass is 667 g/mol. The summed E-state index contributed by atoms with van der Waals surface area (Å²) in [6, 6.07) is 11.1. The van der Waals surface area contributed by atoms with Gasteiger partial charge >= 0.3 is 11.7 Å².